The summed E-state index contributed by atoms with van der Waals surface area (Å²) in [5, 5.41) is 3.26. The summed E-state index contributed by atoms with van der Waals surface area (Å²) in [5.74, 6) is -0.185. The lowest BCUT2D eigenvalue weighted by molar-refractivity contribution is 0.102. The lowest BCUT2D eigenvalue weighted by Crippen LogP contribution is -2.30. The van der Waals surface area contributed by atoms with E-state index in [4.69, 9.17) is 16.3 Å². The first-order valence-corrected chi connectivity index (χ1v) is 9.90. The topological polar surface area (TPSA) is 75.7 Å². The Balaban J connectivity index is 2.40. The van der Waals surface area contributed by atoms with Crippen molar-refractivity contribution >= 4 is 33.2 Å². The highest BCUT2D eigenvalue weighted by Gasteiger charge is 2.24. The maximum atomic E-state index is 12.7. The molecule has 1 amide bonds. The van der Waals surface area contributed by atoms with Crippen LogP contribution in [0, 0.1) is 0 Å². The number of rotatable bonds is 7. The Morgan fingerprint density at radius 1 is 1.12 bits per heavy atom. The van der Waals surface area contributed by atoms with E-state index in [0.717, 1.165) is 0 Å². The summed E-state index contributed by atoms with van der Waals surface area (Å²) < 4.78 is 31.9. The Kier molecular flexibility index (Phi) is 6.63. The second-order valence-electron chi connectivity index (χ2n) is 5.41. The van der Waals surface area contributed by atoms with Gasteiger partial charge in [-0.3, -0.25) is 4.79 Å². The first kappa shape index (κ1) is 20.2. The van der Waals surface area contributed by atoms with Gasteiger partial charge in [0, 0.05) is 23.8 Å². The number of anilines is 1. The molecule has 6 nitrogen and oxygen atoms in total. The Hall–Kier alpha value is -2.09. The Morgan fingerprint density at radius 3 is 2.27 bits per heavy atom. The first-order valence-electron chi connectivity index (χ1n) is 8.08. The fourth-order valence-corrected chi connectivity index (χ4v) is 4.08. The van der Waals surface area contributed by atoms with Crippen LogP contribution in [0.5, 0.6) is 5.75 Å². The minimum Gasteiger partial charge on any atom is -0.496 e. The molecule has 0 aliphatic heterocycles. The number of nitrogens with zero attached hydrogens (tertiary/aromatic N) is 1. The molecule has 2 aromatic rings. The van der Waals surface area contributed by atoms with E-state index in [1.165, 1.54) is 29.6 Å². The van der Waals surface area contributed by atoms with E-state index in [1.54, 1.807) is 38.1 Å². The molecule has 2 aromatic carbocycles. The minimum atomic E-state index is -3.68. The Bertz CT molecular complexity index is 879. The van der Waals surface area contributed by atoms with Crippen LogP contribution >= 0.6 is 11.6 Å². The SMILES string of the molecule is CCN(CC)S(=O)(=O)c1ccc(OC)c(C(=O)Nc2ccc(Cl)cc2)c1. The monoisotopic (exact) mass is 396 g/mol. The van der Waals surface area contributed by atoms with Crippen LogP contribution in [-0.2, 0) is 10.0 Å². The molecule has 0 spiro atoms. The van der Waals surface area contributed by atoms with Crippen molar-refractivity contribution in [3.05, 3.63) is 53.1 Å². The van der Waals surface area contributed by atoms with Gasteiger partial charge in [-0.15, -0.1) is 0 Å². The molecular weight excluding hydrogens is 376 g/mol. The molecule has 0 heterocycles. The summed E-state index contributed by atoms with van der Waals surface area (Å²) >= 11 is 5.84. The van der Waals surface area contributed by atoms with Gasteiger partial charge in [0.1, 0.15) is 5.75 Å². The third kappa shape index (κ3) is 4.35. The molecule has 8 heteroatoms. The van der Waals surface area contributed by atoms with Gasteiger partial charge < -0.3 is 10.1 Å². The van der Waals surface area contributed by atoms with Crippen molar-refractivity contribution < 1.29 is 17.9 Å². The largest absolute Gasteiger partial charge is 0.496 e. The highest BCUT2D eigenvalue weighted by Crippen LogP contribution is 2.26. The van der Waals surface area contributed by atoms with Gasteiger partial charge in [-0.1, -0.05) is 25.4 Å². The molecule has 140 valence electrons. The van der Waals surface area contributed by atoms with E-state index in [-0.39, 0.29) is 16.2 Å². The van der Waals surface area contributed by atoms with Gasteiger partial charge in [0.25, 0.3) is 5.91 Å². The van der Waals surface area contributed by atoms with Gasteiger partial charge in [0.15, 0.2) is 0 Å². The number of amides is 1. The molecule has 26 heavy (non-hydrogen) atoms. The predicted molar refractivity (Wildman–Crippen MR) is 103 cm³/mol. The molecule has 0 radical (unpaired) electrons. The van der Waals surface area contributed by atoms with Crippen molar-refractivity contribution in [3.8, 4) is 5.75 Å². The molecule has 0 fully saturated rings. The summed E-state index contributed by atoms with van der Waals surface area (Å²) in [6, 6.07) is 10.9. The van der Waals surface area contributed by atoms with Crippen LogP contribution in [0.1, 0.15) is 24.2 Å². The molecule has 2 rings (SSSR count). The van der Waals surface area contributed by atoms with E-state index >= 15 is 0 Å². The molecular formula is C18H21ClN2O4S. The van der Waals surface area contributed by atoms with Crippen LogP contribution in [0.2, 0.25) is 5.02 Å². The molecule has 0 bridgehead atoms. The zero-order chi connectivity index (χ0) is 19.3. The second-order valence-corrected chi connectivity index (χ2v) is 7.79. The van der Waals surface area contributed by atoms with Crippen molar-refractivity contribution in [2.45, 2.75) is 18.7 Å². The number of benzene rings is 2. The van der Waals surface area contributed by atoms with Crippen LogP contribution in [0.15, 0.2) is 47.4 Å². The minimum absolute atomic E-state index is 0.0447. The molecule has 0 saturated carbocycles. The van der Waals surface area contributed by atoms with E-state index in [9.17, 15) is 13.2 Å². The molecule has 0 aliphatic rings. The molecule has 0 aromatic heterocycles. The van der Waals surface area contributed by atoms with Crippen molar-refractivity contribution in [1.82, 2.24) is 4.31 Å². The van der Waals surface area contributed by atoms with Crippen molar-refractivity contribution in [2.75, 3.05) is 25.5 Å². The number of carbonyl (C=O) groups is 1. The van der Waals surface area contributed by atoms with Crippen LogP contribution in [0.4, 0.5) is 5.69 Å². The molecule has 0 atom stereocenters. The number of carbonyl (C=O) groups excluding carboxylic acids is 1. The second kappa shape index (κ2) is 8.53. The van der Waals surface area contributed by atoms with Crippen LogP contribution in [-0.4, -0.2) is 38.8 Å². The van der Waals surface area contributed by atoms with Gasteiger partial charge in [-0.25, -0.2) is 8.42 Å². The fraction of sp³-hybridized carbons (Fsp3) is 0.278. The van der Waals surface area contributed by atoms with E-state index < -0.39 is 15.9 Å². The summed E-state index contributed by atoms with van der Waals surface area (Å²) in [6.45, 7) is 4.21. The number of halogens is 1. The summed E-state index contributed by atoms with van der Waals surface area (Å²) in [6.07, 6.45) is 0. The molecule has 0 aliphatic carbocycles. The van der Waals surface area contributed by atoms with Crippen LogP contribution < -0.4 is 10.1 Å². The van der Waals surface area contributed by atoms with Gasteiger partial charge in [0.2, 0.25) is 10.0 Å². The van der Waals surface area contributed by atoms with Crippen LogP contribution in [0.3, 0.4) is 0 Å². The predicted octanol–water partition coefficient (Wildman–Crippen LogP) is 3.63. The van der Waals surface area contributed by atoms with E-state index in [1.807, 2.05) is 0 Å². The third-order valence-corrected chi connectivity index (χ3v) is 6.16. The highest BCUT2D eigenvalue weighted by atomic mass is 35.5. The smallest absolute Gasteiger partial charge is 0.259 e. The maximum Gasteiger partial charge on any atom is 0.259 e. The number of methoxy groups -OCH3 is 1. The fourth-order valence-electron chi connectivity index (χ4n) is 2.47. The van der Waals surface area contributed by atoms with Gasteiger partial charge in [-0.05, 0) is 42.5 Å². The number of nitrogens with one attached hydrogen (secondary N) is 1. The zero-order valence-corrected chi connectivity index (χ0v) is 16.4. The van der Waals surface area contributed by atoms with E-state index in [2.05, 4.69) is 5.32 Å². The summed E-state index contributed by atoms with van der Waals surface area (Å²) in [4.78, 5) is 12.7. The zero-order valence-electron chi connectivity index (χ0n) is 14.8. The lowest BCUT2D eigenvalue weighted by Gasteiger charge is -2.19. The molecule has 0 unspecified atom stereocenters. The average molecular weight is 397 g/mol. The first-order chi connectivity index (χ1) is 12.3. The number of hydrogen-bond donors (Lipinski definition) is 1. The maximum absolute atomic E-state index is 12.7. The molecule has 0 saturated heterocycles. The Morgan fingerprint density at radius 2 is 1.73 bits per heavy atom. The van der Waals surface area contributed by atoms with Gasteiger partial charge in [0.05, 0.1) is 17.6 Å². The third-order valence-electron chi connectivity index (χ3n) is 3.86. The molecule has 1 N–H and O–H groups in total. The Labute approximate surface area is 158 Å². The van der Waals surface area contributed by atoms with Crippen LogP contribution in [0.25, 0.3) is 0 Å². The number of sulfonamides is 1. The van der Waals surface area contributed by atoms with Crippen molar-refractivity contribution in [2.24, 2.45) is 0 Å². The normalized spacial score (nSPS) is 11.4. The van der Waals surface area contributed by atoms with E-state index in [0.29, 0.717) is 23.8 Å². The highest BCUT2D eigenvalue weighted by molar-refractivity contribution is 7.89. The lowest BCUT2D eigenvalue weighted by atomic mass is 10.2. The van der Waals surface area contributed by atoms with Crippen molar-refractivity contribution in [1.29, 1.82) is 0 Å². The standard InChI is InChI=1S/C18H21ClN2O4S/c1-4-21(5-2)26(23,24)15-10-11-17(25-3)16(12-15)18(22)20-14-8-6-13(19)7-9-14/h6-12H,4-5H2,1-3H3,(H,20,22). The number of hydrogen-bond acceptors (Lipinski definition) is 4. The summed E-state index contributed by atoms with van der Waals surface area (Å²) in [7, 11) is -2.26. The quantitative estimate of drug-likeness (QED) is 0.775. The van der Waals surface area contributed by atoms with Gasteiger partial charge >= 0.3 is 0 Å². The average Bonchev–Trinajstić information content (AvgIpc) is 2.63. The summed E-state index contributed by atoms with van der Waals surface area (Å²) in [5.41, 5.74) is 0.675. The number of ether oxygens (including phenoxy) is 1. The van der Waals surface area contributed by atoms with Gasteiger partial charge in [-0.2, -0.15) is 4.31 Å². The van der Waals surface area contributed by atoms with Crippen molar-refractivity contribution in [3.63, 3.8) is 0 Å².